The van der Waals surface area contributed by atoms with Crippen LogP contribution in [0, 0.1) is 13.8 Å². The fraction of sp³-hybridized carbons (Fsp3) is 0.412. The standard InChI is InChI=1S/C17H24N6O/c1-12-15(13(2)22-21-12)6-5-9-18-16(24)8-7-14-10-19-17(20-11-14)23(3)4/h7-8,10-11H,5-6,9H2,1-4H3,(H,18,24)(H,21,22). The van der Waals surface area contributed by atoms with Crippen LogP contribution in [0.3, 0.4) is 0 Å². The molecule has 0 atom stereocenters. The molecule has 7 nitrogen and oxygen atoms in total. The Bertz CT molecular complexity index is 683. The van der Waals surface area contributed by atoms with E-state index in [0.29, 0.717) is 12.5 Å². The molecule has 0 aliphatic heterocycles. The predicted octanol–water partition coefficient (Wildman–Crippen LogP) is 1.64. The molecule has 24 heavy (non-hydrogen) atoms. The van der Waals surface area contributed by atoms with Crippen molar-refractivity contribution >= 4 is 17.9 Å². The number of H-pyrrole nitrogens is 1. The lowest BCUT2D eigenvalue weighted by atomic mass is 10.1. The molecule has 0 unspecified atom stereocenters. The van der Waals surface area contributed by atoms with Crippen molar-refractivity contribution in [3.05, 3.63) is 41.0 Å². The lowest BCUT2D eigenvalue weighted by Gasteiger charge is -2.08. The Morgan fingerprint density at radius 2 is 2.00 bits per heavy atom. The average molecular weight is 328 g/mol. The summed E-state index contributed by atoms with van der Waals surface area (Å²) in [5, 5.41) is 10.0. The molecule has 2 aromatic rings. The van der Waals surface area contributed by atoms with Crippen LogP contribution in [0.15, 0.2) is 18.5 Å². The van der Waals surface area contributed by atoms with Gasteiger partial charge in [-0.15, -0.1) is 0 Å². The zero-order chi connectivity index (χ0) is 17.5. The maximum absolute atomic E-state index is 11.8. The zero-order valence-electron chi connectivity index (χ0n) is 14.6. The van der Waals surface area contributed by atoms with Gasteiger partial charge in [0.2, 0.25) is 11.9 Å². The molecule has 0 fully saturated rings. The third-order valence-electron chi connectivity index (χ3n) is 3.67. The van der Waals surface area contributed by atoms with E-state index in [2.05, 4.69) is 25.5 Å². The minimum absolute atomic E-state index is 0.118. The van der Waals surface area contributed by atoms with Crippen LogP contribution < -0.4 is 10.2 Å². The smallest absolute Gasteiger partial charge is 0.244 e. The summed E-state index contributed by atoms with van der Waals surface area (Å²) in [4.78, 5) is 22.0. The number of anilines is 1. The molecular formula is C17H24N6O. The number of aromatic nitrogens is 4. The summed E-state index contributed by atoms with van der Waals surface area (Å²) in [7, 11) is 3.76. The molecule has 2 rings (SSSR count). The van der Waals surface area contributed by atoms with E-state index in [4.69, 9.17) is 0 Å². The molecular weight excluding hydrogens is 304 g/mol. The molecule has 0 aliphatic carbocycles. The highest BCUT2D eigenvalue weighted by atomic mass is 16.1. The number of nitrogens with one attached hydrogen (secondary N) is 2. The summed E-state index contributed by atoms with van der Waals surface area (Å²) in [5.41, 5.74) is 4.15. The number of rotatable bonds is 7. The monoisotopic (exact) mass is 328 g/mol. The van der Waals surface area contributed by atoms with E-state index in [9.17, 15) is 4.79 Å². The second-order valence-corrected chi connectivity index (χ2v) is 5.85. The van der Waals surface area contributed by atoms with Gasteiger partial charge in [-0.1, -0.05) is 0 Å². The maximum Gasteiger partial charge on any atom is 0.244 e. The Labute approximate surface area is 142 Å². The summed E-state index contributed by atoms with van der Waals surface area (Å²) >= 11 is 0. The largest absolute Gasteiger partial charge is 0.353 e. The minimum atomic E-state index is -0.118. The number of carbonyl (C=O) groups excluding carboxylic acids is 1. The van der Waals surface area contributed by atoms with Crippen molar-refractivity contribution in [2.24, 2.45) is 0 Å². The summed E-state index contributed by atoms with van der Waals surface area (Å²) in [6.45, 7) is 4.63. The van der Waals surface area contributed by atoms with E-state index >= 15 is 0 Å². The molecule has 7 heteroatoms. The van der Waals surface area contributed by atoms with Crippen molar-refractivity contribution in [3.8, 4) is 0 Å². The molecule has 0 aromatic carbocycles. The van der Waals surface area contributed by atoms with Gasteiger partial charge in [0.15, 0.2) is 0 Å². The molecule has 2 heterocycles. The van der Waals surface area contributed by atoms with Crippen LogP contribution in [0.25, 0.3) is 6.08 Å². The fourth-order valence-corrected chi connectivity index (χ4v) is 2.30. The van der Waals surface area contributed by atoms with Crippen molar-refractivity contribution in [1.29, 1.82) is 0 Å². The zero-order valence-corrected chi connectivity index (χ0v) is 14.6. The molecule has 0 spiro atoms. The summed E-state index contributed by atoms with van der Waals surface area (Å²) in [6.07, 6.45) is 8.37. The second-order valence-electron chi connectivity index (χ2n) is 5.85. The van der Waals surface area contributed by atoms with Gasteiger partial charge >= 0.3 is 0 Å². The van der Waals surface area contributed by atoms with Crippen molar-refractivity contribution in [3.63, 3.8) is 0 Å². The predicted molar refractivity (Wildman–Crippen MR) is 94.8 cm³/mol. The van der Waals surface area contributed by atoms with Crippen LogP contribution in [0.2, 0.25) is 0 Å². The van der Waals surface area contributed by atoms with E-state index < -0.39 is 0 Å². The lowest BCUT2D eigenvalue weighted by Crippen LogP contribution is -2.22. The molecule has 0 bridgehead atoms. The van der Waals surface area contributed by atoms with Gasteiger partial charge in [0.1, 0.15) is 0 Å². The minimum Gasteiger partial charge on any atom is -0.353 e. The SMILES string of the molecule is Cc1n[nH]c(C)c1CCCNC(=O)C=Cc1cnc(N(C)C)nc1. The number of nitrogens with zero attached hydrogens (tertiary/aromatic N) is 4. The molecule has 0 saturated heterocycles. The number of aromatic amines is 1. The fourth-order valence-electron chi connectivity index (χ4n) is 2.30. The number of hydrogen-bond acceptors (Lipinski definition) is 5. The van der Waals surface area contributed by atoms with Gasteiger partial charge < -0.3 is 10.2 Å². The highest BCUT2D eigenvalue weighted by molar-refractivity contribution is 5.91. The normalized spacial score (nSPS) is 11.0. The number of amides is 1. The molecule has 0 radical (unpaired) electrons. The van der Waals surface area contributed by atoms with Gasteiger partial charge in [0, 0.05) is 50.4 Å². The highest BCUT2D eigenvalue weighted by Gasteiger charge is 2.05. The third kappa shape index (κ3) is 4.91. The first kappa shape index (κ1) is 17.7. The Kier molecular flexibility index (Phi) is 6.06. The molecule has 2 N–H and O–H groups in total. The van der Waals surface area contributed by atoms with Crippen molar-refractivity contribution in [1.82, 2.24) is 25.5 Å². The first-order chi connectivity index (χ1) is 11.5. The molecule has 128 valence electrons. The van der Waals surface area contributed by atoms with E-state index in [1.807, 2.05) is 32.8 Å². The summed E-state index contributed by atoms with van der Waals surface area (Å²) < 4.78 is 0. The van der Waals surface area contributed by atoms with Gasteiger partial charge in [-0.25, -0.2) is 9.97 Å². The Morgan fingerprint density at radius 3 is 2.58 bits per heavy atom. The Morgan fingerprint density at radius 1 is 1.29 bits per heavy atom. The van der Waals surface area contributed by atoms with Gasteiger partial charge in [-0.05, 0) is 38.3 Å². The average Bonchev–Trinajstić information content (AvgIpc) is 2.88. The Balaban J connectivity index is 1.74. The maximum atomic E-state index is 11.8. The van der Waals surface area contributed by atoms with Crippen LogP contribution in [-0.4, -0.2) is 46.7 Å². The highest BCUT2D eigenvalue weighted by Crippen LogP contribution is 2.11. The van der Waals surface area contributed by atoms with Crippen molar-refractivity contribution in [2.45, 2.75) is 26.7 Å². The first-order valence-electron chi connectivity index (χ1n) is 7.93. The van der Waals surface area contributed by atoms with Crippen LogP contribution in [0.1, 0.15) is 28.9 Å². The lowest BCUT2D eigenvalue weighted by molar-refractivity contribution is -0.116. The van der Waals surface area contributed by atoms with Gasteiger partial charge in [-0.2, -0.15) is 5.10 Å². The quantitative estimate of drug-likeness (QED) is 0.596. The number of hydrogen-bond donors (Lipinski definition) is 2. The molecule has 0 aliphatic rings. The Hall–Kier alpha value is -2.70. The molecule has 1 amide bonds. The van der Waals surface area contributed by atoms with Gasteiger partial charge in [-0.3, -0.25) is 9.89 Å². The van der Waals surface area contributed by atoms with Gasteiger partial charge in [0.25, 0.3) is 0 Å². The van der Waals surface area contributed by atoms with Crippen molar-refractivity contribution < 1.29 is 4.79 Å². The van der Waals surface area contributed by atoms with Crippen LogP contribution >= 0.6 is 0 Å². The molecule has 0 saturated carbocycles. The second kappa shape index (κ2) is 8.24. The van der Waals surface area contributed by atoms with E-state index in [1.165, 1.54) is 11.6 Å². The first-order valence-corrected chi connectivity index (χ1v) is 7.93. The van der Waals surface area contributed by atoms with E-state index in [1.54, 1.807) is 18.5 Å². The number of carbonyl (C=O) groups is 1. The third-order valence-corrected chi connectivity index (χ3v) is 3.67. The topological polar surface area (TPSA) is 86.8 Å². The van der Waals surface area contributed by atoms with Crippen LogP contribution in [-0.2, 0) is 11.2 Å². The van der Waals surface area contributed by atoms with E-state index in [0.717, 1.165) is 29.8 Å². The van der Waals surface area contributed by atoms with Gasteiger partial charge in [0.05, 0.1) is 5.69 Å². The van der Waals surface area contributed by atoms with Crippen LogP contribution in [0.5, 0.6) is 0 Å². The molecule has 2 aromatic heterocycles. The van der Waals surface area contributed by atoms with E-state index in [-0.39, 0.29) is 5.91 Å². The number of aryl methyl sites for hydroxylation is 2. The summed E-state index contributed by atoms with van der Waals surface area (Å²) in [5.74, 6) is 0.522. The van der Waals surface area contributed by atoms with Crippen LogP contribution in [0.4, 0.5) is 5.95 Å². The van der Waals surface area contributed by atoms with Crippen molar-refractivity contribution in [2.75, 3.05) is 25.5 Å². The summed E-state index contributed by atoms with van der Waals surface area (Å²) in [6, 6.07) is 0.